The molecule has 0 atom stereocenters. The van der Waals surface area contributed by atoms with Crippen LogP contribution in [0.3, 0.4) is 0 Å². The number of nitrogens with one attached hydrogen (secondary N) is 1. The summed E-state index contributed by atoms with van der Waals surface area (Å²) >= 11 is 0. The Morgan fingerprint density at radius 2 is 1.88 bits per heavy atom. The third-order valence-electron chi connectivity index (χ3n) is 4.44. The van der Waals surface area contributed by atoms with Crippen LogP contribution in [-0.4, -0.2) is 23.0 Å². The van der Waals surface area contributed by atoms with Gasteiger partial charge in [-0.25, -0.2) is 0 Å². The van der Waals surface area contributed by atoms with Crippen LogP contribution in [-0.2, 0) is 16.0 Å². The largest absolute Gasteiger partial charge is 0.497 e. The highest BCUT2D eigenvalue weighted by Gasteiger charge is 2.31. The van der Waals surface area contributed by atoms with Crippen molar-refractivity contribution in [3.05, 3.63) is 74.4 Å². The van der Waals surface area contributed by atoms with Crippen LogP contribution in [0.2, 0.25) is 0 Å². The van der Waals surface area contributed by atoms with Gasteiger partial charge in [-0.2, -0.15) is 0 Å². The van der Waals surface area contributed by atoms with Gasteiger partial charge in [0, 0.05) is 12.4 Å². The Morgan fingerprint density at radius 3 is 2.54 bits per heavy atom. The molecule has 3 aromatic rings. The molecule has 0 aliphatic carbocycles. The normalized spacial score (nSPS) is 19.3. The molecule has 7 heteroatoms. The predicted octanol–water partition coefficient (Wildman–Crippen LogP) is 2.14. The van der Waals surface area contributed by atoms with E-state index in [0.717, 1.165) is 11.3 Å². The van der Waals surface area contributed by atoms with Crippen LogP contribution in [0, 0.1) is 0 Å². The van der Waals surface area contributed by atoms with E-state index in [0.29, 0.717) is 17.5 Å². The number of hydrogen-bond acceptors (Lipinski definition) is 5. The SMILES string of the molecule is COc1ccc(Cn2ccc3c(=O)c(C4OC(C)O4)c[nH]c3c2=O)cc1. The second-order valence-electron chi connectivity index (χ2n) is 6.13. The summed E-state index contributed by atoms with van der Waals surface area (Å²) in [6.45, 7) is 2.15. The number of rotatable bonds is 4. The maximum atomic E-state index is 12.7. The van der Waals surface area contributed by atoms with Crippen molar-refractivity contribution in [2.24, 2.45) is 0 Å². The van der Waals surface area contributed by atoms with Gasteiger partial charge in [0.15, 0.2) is 18.0 Å². The standard InChI is InChI=1S/C19H18N2O5/c1-11-25-19(26-11)15-9-20-16-14(17(15)22)7-8-21(18(16)23)10-12-3-5-13(24-2)6-4-12/h3-9,11,19H,10H2,1-2H3,(H,20,22). The molecular formula is C19H18N2O5. The zero-order chi connectivity index (χ0) is 18.3. The molecule has 1 aliphatic rings. The monoisotopic (exact) mass is 354 g/mol. The van der Waals surface area contributed by atoms with Crippen molar-refractivity contribution in [2.75, 3.05) is 7.11 Å². The van der Waals surface area contributed by atoms with Gasteiger partial charge in [-0.3, -0.25) is 9.59 Å². The van der Waals surface area contributed by atoms with Crippen LogP contribution < -0.4 is 15.7 Å². The fourth-order valence-corrected chi connectivity index (χ4v) is 3.01. The van der Waals surface area contributed by atoms with Gasteiger partial charge < -0.3 is 23.8 Å². The number of aromatic nitrogens is 2. The molecule has 0 saturated carbocycles. The van der Waals surface area contributed by atoms with Crippen LogP contribution in [0.5, 0.6) is 5.75 Å². The molecule has 1 aliphatic heterocycles. The fourth-order valence-electron chi connectivity index (χ4n) is 3.01. The minimum Gasteiger partial charge on any atom is -0.497 e. The molecule has 0 radical (unpaired) electrons. The van der Waals surface area contributed by atoms with Gasteiger partial charge in [-0.05, 0) is 30.7 Å². The lowest BCUT2D eigenvalue weighted by Gasteiger charge is -2.33. The number of aromatic amines is 1. The van der Waals surface area contributed by atoms with Crippen molar-refractivity contribution in [3.8, 4) is 5.75 Å². The van der Waals surface area contributed by atoms with E-state index in [1.165, 1.54) is 6.20 Å². The van der Waals surface area contributed by atoms with E-state index in [9.17, 15) is 9.59 Å². The van der Waals surface area contributed by atoms with Crippen molar-refractivity contribution in [1.29, 1.82) is 0 Å². The predicted molar refractivity (Wildman–Crippen MR) is 95.3 cm³/mol. The summed E-state index contributed by atoms with van der Waals surface area (Å²) in [5, 5.41) is 0.324. The Morgan fingerprint density at radius 1 is 1.15 bits per heavy atom. The number of ether oxygens (including phenoxy) is 3. The van der Waals surface area contributed by atoms with Gasteiger partial charge >= 0.3 is 0 Å². The third kappa shape index (κ3) is 2.81. The van der Waals surface area contributed by atoms with Gasteiger partial charge in [0.2, 0.25) is 0 Å². The van der Waals surface area contributed by atoms with E-state index in [1.54, 1.807) is 30.9 Å². The van der Waals surface area contributed by atoms with Crippen molar-refractivity contribution < 1.29 is 14.2 Å². The highest BCUT2D eigenvalue weighted by Crippen LogP contribution is 2.29. The van der Waals surface area contributed by atoms with Gasteiger partial charge in [-0.1, -0.05) is 12.1 Å². The molecule has 0 spiro atoms. The molecule has 1 N–H and O–H groups in total. The average Bonchev–Trinajstić information content (AvgIpc) is 2.63. The molecule has 0 amide bonds. The van der Waals surface area contributed by atoms with Gasteiger partial charge in [0.25, 0.3) is 5.56 Å². The van der Waals surface area contributed by atoms with Crippen LogP contribution >= 0.6 is 0 Å². The first-order valence-corrected chi connectivity index (χ1v) is 8.25. The lowest BCUT2D eigenvalue weighted by Crippen LogP contribution is -2.35. The molecule has 3 heterocycles. The second-order valence-corrected chi connectivity index (χ2v) is 6.13. The summed E-state index contributed by atoms with van der Waals surface area (Å²) in [6.07, 6.45) is 2.10. The second kappa shape index (κ2) is 6.44. The van der Waals surface area contributed by atoms with Crippen molar-refractivity contribution in [3.63, 3.8) is 0 Å². The number of methoxy groups -OCH3 is 1. The minimum atomic E-state index is -0.681. The molecule has 7 nitrogen and oxygen atoms in total. The third-order valence-corrected chi connectivity index (χ3v) is 4.44. The lowest BCUT2D eigenvalue weighted by atomic mass is 10.1. The van der Waals surface area contributed by atoms with Crippen LogP contribution in [0.1, 0.15) is 24.3 Å². The number of pyridine rings is 2. The first-order valence-electron chi connectivity index (χ1n) is 8.25. The molecule has 134 valence electrons. The topological polar surface area (TPSA) is 82.5 Å². The van der Waals surface area contributed by atoms with E-state index in [4.69, 9.17) is 14.2 Å². The number of hydrogen-bond donors (Lipinski definition) is 1. The molecule has 4 rings (SSSR count). The molecule has 26 heavy (non-hydrogen) atoms. The fraction of sp³-hybridized carbons (Fsp3) is 0.263. The van der Waals surface area contributed by atoms with Crippen LogP contribution in [0.4, 0.5) is 0 Å². The first kappa shape index (κ1) is 16.6. The van der Waals surface area contributed by atoms with E-state index in [2.05, 4.69) is 4.98 Å². The zero-order valence-electron chi connectivity index (χ0n) is 14.4. The zero-order valence-corrected chi connectivity index (χ0v) is 14.4. The van der Waals surface area contributed by atoms with Crippen molar-refractivity contribution >= 4 is 10.9 Å². The van der Waals surface area contributed by atoms with E-state index in [-0.39, 0.29) is 22.8 Å². The van der Waals surface area contributed by atoms with Crippen molar-refractivity contribution in [1.82, 2.24) is 9.55 Å². The average molecular weight is 354 g/mol. The first-order chi connectivity index (χ1) is 12.6. The van der Waals surface area contributed by atoms with Gasteiger partial charge in [-0.15, -0.1) is 0 Å². The Bertz CT molecular complexity index is 1060. The van der Waals surface area contributed by atoms with Crippen molar-refractivity contribution in [2.45, 2.75) is 26.0 Å². The van der Waals surface area contributed by atoms with Gasteiger partial charge in [0.1, 0.15) is 11.3 Å². The van der Waals surface area contributed by atoms with Gasteiger partial charge in [0.05, 0.1) is 24.6 Å². The molecule has 1 fully saturated rings. The van der Waals surface area contributed by atoms with E-state index >= 15 is 0 Å². The summed E-state index contributed by atoms with van der Waals surface area (Å²) in [5.74, 6) is 0.756. The molecule has 0 bridgehead atoms. The quantitative estimate of drug-likeness (QED) is 0.776. The minimum absolute atomic E-state index is 0.259. The van der Waals surface area contributed by atoms with E-state index < -0.39 is 6.29 Å². The maximum absolute atomic E-state index is 12.7. The highest BCUT2D eigenvalue weighted by atomic mass is 16.9. The maximum Gasteiger partial charge on any atom is 0.275 e. The number of fused-ring (bicyclic) bond motifs is 1. The number of H-pyrrole nitrogens is 1. The summed E-state index contributed by atoms with van der Waals surface area (Å²) in [6, 6.07) is 9.12. The summed E-state index contributed by atoms with van der Waals surface area (Å²) in [5.41, 5.74) is 1.07. The Balaban J connectivity index is 1.69. The molecule has 0 unspecified atom stereocenters. The summed E-state index contributed by atoms with van der Waals surface area (Å²) < 4.78 is 17.4. The number of benzene rings is 1. The lowest BCUT2D eigenvalue weighted by molar-refractivity contribution is -0.383. The molecule has 2 aromatic heterocycles. The smallest absolute Gasteiger partial charge is 0.275 e. The Labute approximate surface area is 148 Å². The Kier molecular flexibility index (Phi) is 4.10. The summed E-state index contributed by atoms with van der Waals surface area (Å²) in [7, 11) is 1.60. The molecule has 1 aromatic carbocycles. The summed E-state index contributed by atoms with van der Waals surface area (Å²) in [4.78, 5) is 28.3. The molecular weight excluding hydrogens is 336 g/mol. The van der Waals surface area contributed by atoms with Crippen LogP contribution in [0.15, 0.2) is 52.3 Å². The molecule has 1 saturated heterocycles. The van der Waals surface area contributed by atoms with Crippen LogP contribution in [0.25, 0.3) is 10.9 Å². The number of nitrogens with zero attached hydrogens (tertiary/aromatic N) is 1. The van der Waals surface area contributed by atoms with E-state index in [1.807, 2.05) is 24.3 Å². The highest BCUT2D eigenvalue weighted by molar-refractivity contribution is 5.77. The Hall–Kier alpha value is -2.90.